The molecule has 1 aliphatic heterocycles. The van der Waals surface area contributed by atoms with Crippen molar-refractivity contribution in [2.45, 2.75) is 45.1 Å². The van der Waals surface area contributed by atoms with Crippen molar-refractivity contribution in [2.75, 3.05) is 18.0 Å². The number of rotatable bonds is 6. The Hall–Kier alpha value is -2.63. The fraction of sp³-hybridized carbons (Fsp3) is 0.450. The molecule has 0 aliphatic carbocycles. The monoisotopic (exact) mass is 354 g/mol. The van der Waals surface area contributed by atoms with Gasteiger partial charge in [0, 0.05) is 19.2 Å². The number of benzene rings is 1. The van der Waals surface area contributed by atoms with Crippen LogP contribution in [0.25, 0.3) is 0 Å². The molecule has 1 aromatic heterocycles. The first kappa shape index (κ1) is 18.2. The van der Waals surface area contributed by atoms with Crippen molar-refractivity contribution in [3.8, 4) is 5.88 Å². The number of hydrogen-bond acceptors (Lipinski definition) is 5. The van der Waals surface area contributed by atoms with Crippen LogP contribution >= 0.6 is 0 Å². The summed E-state index contributed by atoms with van der Waals surface area (Å²) in [4.78, 5) is 21.9. The number of primary amides is 1. The number of nitrogens with two attached hydrogens (primary N) is 1. The number of anilines is 1. The van der Waals surface area contributed by atoms with Crippen molar-refractivity contribution < 1.29 is 9.53 Å². The van der Waals surface area contributed by atoms with Crippen molar-refractivity contribution in [2.24, 2.45) is 5.73 Å². The van der Waals surface area contributed by atoms with Crippen LogP contribution in [0, 0.1) is 0 Å². The van der Waals surface area contributed by atoms with E-state index in [0.29, 0.717) is 18.2 Å². The molecule has 0 bridgehead atoms. The van der Waals surface area contributed by atoms with Crippen molar-refractivity contribution in [3.63, 3.8) is 0 Å². The molecule has 26 heavy (non-hydrogen) atoms. The summed E-state index contributed by atoms with van der Waals surface area (Å²) in [7, 11) is 0. The second kappa shape index (κ2) is 8.17. The van der Waals surface area contributed by atoms with Crippen LogP contribution in [-0.4, -0.2) is 35.1 Å². The van der Waals surface area contributed by atoms with Gasteiger partial charge in [-0.15, -0.1) is 0 Å². The van der Waals surface area contributed by atoms with Crippen LogP contribution in [0.1, 0.15) is 43.7 Å². The molecule has 1 saturated heterocycles. The Kier molecular flexibility index (Phi) is 5.71. The van der Waals surface area contributed by atoms with Gasteiger partial charge < -0.3 is 15.4 Å². The fourth-order valence-corrected chi connectivity index (χ4v) is 3.36. The molecule has 138 valence electrons. The van der Waals surface area contributed by atoms with Crippen molar-refractivity contribution >= 4 is 11.7 Å². The number of aromatic nitrogens is 2. The van der Waals surface area contributed by atoms with E-state index in [4.69, 9.17) is 10.5 Å². The molecule has 0 atom stereocenters. The van der Waals surface area contributed by atoms with Gasteiger partial charge in [-0.1, -0.05) is 24.3 Å². The SMILES string of the molecule is CC(C)Oc1cc(N2CCC(c3ccc(CC(N)=O)cc3)CC2)ncn1. The van der Waals surface area contributed by atoms with Crippen LogP contribution < -0.4 is 15.4 Å². The average Bonchev–Trinajstić information content (AvgIpc) is 2.62. The van der Waals surface area contributed by atoms with Gasteiger partial charge in [0.15, 0.2) is 0 Å². The van der Waals surface area contributed by atoms with Gasteiger partial charge in [-0.25, -0.2) is 9.97 Å². The lowest BCUT2D eigenvalue weighted by molar-refractivity contribution is -0.117. The highest BCUT2D eigenvalue weighted by molar-refractivity contribution is 5.76. The second-order valence-corrected chi connectivity index (χ2v) is 7.03. The van der Waals surface area contributed by atoms with Gasteiger partial charge in [0.1, 0.15) is 12.1 Å². The minimum Gasteiger partial charge on any atom is -0.475 e. The minimum atomic E-state index is -0.295. The third-order valence-corrected chi connectivity index (χ3v) is 4.63. The molecule has 1 aliphatic rings. The topological polar surface area (TPSA) is 81.3 Å². The molecular weight excluding hydrogens is 328 g/mol. The maximum Gasteiger partial charge on any atom is 0.221 e. The number of ether oxygens (including phenoxy) is 1. The smallest absolute Gasteiger partial charge is 0.221 e. The molecule has 2 heterocycles. The van der Waals surface area contributed by atoms with Gasteiger partial charge >= 0.3 is 0 Å². The maximum atomic E-state index is 11.0. The third-order valence-electron chi connectivity index (χ3n) is 4.63. The summed E-state index contributed by atoms with van der Waals surface area (Å²) >= 11 is 0. The van der Waals surface area contributed by atoms with Crippen molar-refractivity contribution in [3.05, 3.63) is 47.8 Å². The first-order valence-corrected chi connectivity index (χ1v) is 9.12. The van der Waals surface area contributed by atoms with Gasteiger partial charge in [-0.2, -0.15) is 0 Å². The summed E-state index contributed by atoms with van der Waals surface area (Å²) in [5, 5.41) is 0. The molecule has 1 amide bonds. The number of carbonyl (C=O) groups is 1. The third kappa shape index (κ3) is 4.71. The molecule has 2 N–H and O–H groups in total. The summed E-state index contributed by atoms with van der Waals surface area (Å²) in [5.74, 6) is 1.78. The molecule has 6 nitrogen and oxygen atoms in total. The lowest BCUT2D eigenvalue weighted by atomic mass is 9.89. The van der Waals surface area contributed by atoms with E-state index in [1.54, 1.807) is 6.33 Å². The second-order valence-electron chi connectivity index (χ2n) is 7.03. The predicted octanol–water partition coefficient (Wildman–Crippen LogP) is 2.68. The molecule has 6 heteroatoms. The van der Waals surface area contributed by atoms with E-state index in [9.17, 15) is 4.79 Å². The van der Waals surface area contributed by atoms with Crippen molar-refractivity contribution in [1.29, 1.82) is 0 Å². The van der Waals surface area contributed by atoms with Crippen LogP contribution in [0.2, 0.25) is 0 Å². The number of hydrogen-bond donors (Lipinski definition) is 1. The minimum absolute atomic E-state index is 0.0982. The highest BCUT2D eigenvalue weighted by Gasteiger charge is 2.22. The normalized spacial score (nSPS) is 15.3. The summed E-state index contributed by atoms with van der Waals surface area (Å²) in [6, 6.07) is 10.2. The van der Waals surface area contributed by atoms with Gasteiger partial charge in [0.2, 0.25) is 11.8 Å². The number of piperidine rings is 1. The number of amides is 1. The predicted molar refractivity (Wildman–Crippen MR) is 101 cm³/mol. The number of carbonyl (C=O) groups excluding carboxylic acids is 1. The standard InChI is InChI=1S/C20H26N4O2/c1-14(2)26-20-12-19(22-13-23-20)24-9-7-17(8-10-24)16-5-3-15(4-6-16)11-18(21)25/h3-6,12-14,17H,7-11H2,1-2H3,(H2,21,25). The Morgan fingerprint density at radius 1 is 1.23 bits per heavy atom. The van der Waals surface area contributed by atoms with Crippen LogP contribution in [0.3, 0.4) is 0 Å². The average molecular weight is 354 g/mol. The first-order valence-electron chi connectivity index (χ1n) is 9.12. The molecule has 0 saturated carbocycles. The summed E-state index contributed by atoms with van der Waals surface area (Å²) in [5.41, 5.74) is 7.54. The van der Waals surface area contributed by atoms with Crippen LogP contribution in [-0.2, 0) is 11.2 Å². The number of nitrogens with zero attached hydrogens (tertiary/aromatic N) is 3. The van der Waals surface area contributed by atoms with Crippen molar-refractivity contribution in [1.82, 2.24) is 9.97 Å². The first-order chi connectivity index (χ1) is 12.5. The Morgan fingerprint density at radius 3 is 2.54 bits per heavy atom. The lowest BCUT2D eigenvalue weighted by Gasteiger charge is -2.33. The zero-order valence-corrected chi connectivity index (χ0v) is 15.4. The van der Waals surface area contributed by atoms with Gasteiger partial charge in [-0.3, -0.25) is 4.79 Å². The van der Waals surface area contributed by atoms with Gasteiger partial charge in [0.05, 0.1) is 12.5 Å². The molecular formula is C20H26N4O2. The maximum absolute atomic E-state index is 11.0. The molecule has 0 radical (unpaired) electrons. The zero-order valence-electron chi connectivity index (χ0n) is 15.4. The molecule has 1 fully saturated rings. The Balaban J connectivity index is 1.59. The molecule has 0 spiro atoms. The highest BCUT2D eigenvalue weighted by Crippen LogP contribution is 2.30. The van der Waals surface area contributed by atoms with E-state index in [-0.39, 0.29) is 12.0 Å². The van der Waals surface area contributed by atoms with Crippen LogP contribution in [0.5, 0.6) is 5.88 Å². The molecule has 3 rings (SSSR count). The summed E-state index contributed by atoms with van der Waals surface area (Å²) in [6.45, 7) is 5.88. The lowest BCUT2D eigenvalue weighted by Crippen LogP contribution is -2.33. The Labute approximate surface area is 154 Å². The largest absolute Gasteiger partial charge is 0.475 e. The van der Waals surface area contributed by atoms with E-state index in [2.05, 4.69) is 27.0 Å². The van der Waals surface area contributed by atoms with E-state index < -0.39 is 0 Å². The van der Waals surface area contributed by atoms with E-state index in [1.807, 2.05) is 32.0 Å². The quantitative estimate of drug-likeness (QED) is 0.862. The molecule has 1 aromatic carbocycles. The summed E-state index contributed by atoms with van der Waals surface area (Å²) < 4.78 is 5.66. The van der Waals surface area contributed by atoms with Crippen LogP contribution in [0.15, 0.2) is 36.7 Å². The highest BCUT2D eigenvalue weighted by atomic mass is 16.5. The molecule has 0 unspecified atom stereocenters. The van der Waals surface area contributed by atoms with Crippen LogP contribution in [0.4, 0.5) is 5.82 Å². The Morgan fingerprint density at radius 2 is 1.92 bits per heavy atom. The van der Waals surface area contributed by atoms with E-state index in [1.165, 1.54) is 5.56 Å². The summed E-state index contributed by atoms with van der Waals surface area (Å²) in [6.07, 6.45) is 4.10. The van der Waals surface area contributed by atoms with Gasteiger partial charge in [0.25, 0.3) is 0 Å². The van der Waals surface area contributed by atoms with E-state index >= 15 is 0 Å². The fourth-order valence-electron chi connectivity index (χ4n) is 3.36. The van der Waals surface area contributed by atoms with E-state index in [0.717, 1.165) is 37.3 Å². The Bertz CT molecular complexity index is 738. The zero-order chi connectivity index (χ0) is 18.5. The molecule has 2 aromatic rings. The van der Waals surface area contributed by atoms with Gasteiger partial charge in [-0.05, 0) is 43.7 Å².